The summed E-state index contributed by atoms with van der Waals surface area (Å²) in [6.45, 7) is 5.13. The molecule has 6 heteroatoms. The molecular weight excluding hydrogens is 248 g/mol. The Morgan fingerprint density at radius 3 is 2.59 bits per heavy atom. The van der Waals surface area contributed by atoms with Crippen LogP contribution in [-0.2, 0) is 15.6 Å². The SMILES string of the molecule is C[C@H]1CN(C(=O)C(C)(C)C(F)F)CC[S@](=O)C1. The summed E-state index contributed by atoms with van der Waals surface area (Å²) in [7, 11) is -0.944. The Morgan fingerprint density at radius 2 is 2.06 bits per heavy atom. The van der Waals surface area contributed by atoms with Gasteiger partial charge >= 0.3 is 0 Å². The van der Waals surface area contributed by atoms with E-state index in [-0.39, 0.29) is 5.92 Å². The topological polar surface area (TPSA) is 37.4 Å². The zero-order valence-corrected chi connectivity index (χ0v) is 11.2. The summed E-state index contributed by atoms with van der Waals surface area (Å²) in [6.07, 6.45) is -2.68. The van der Waals surface area contributed by atoms with Gasteiger partial charge in [0.05, 0.1) is 0 Å². The predicted octanol–water partition coefficient (Wildman–Crippen LogP) is 1.50. The van der Waals surface area contributed by atoms with Gasteiger partial charge in [-0.1, -0.05) is 6.92 Å². The van der Waals surface area contributed by atoms with E-state index in [1.165, 1.54) is 18.7 Å². The predicted molar refractivity (Wildman–Crippen MR) is 63.4 cm³/mol. The quantitative estimate of drug-likeness (QED) is 0.760. The minimum atomic E-state index is -2.68. The maximum absolute atomic E-state index is 12.8. The highest BCUT2D eigenvalue weighted by atomic mass is 32.2. The molecule has 1 aliphatic heterocycles. The summed E-state index contributed by atoms with van der Waals surface area (Å²) < 4.78 is 37.0. The van der Waals surface area contributed by atoms with Crippen molar-refractivity contribution in [1.29, 1.82) is 0 Å². The Kier molecular flexibility index (Phi) is 4.63. The molecule has 0 radical (unpaired) electrons. The normalized spacial score (nSPS) is 27.1. The number of hydrogen-bond acceptors (Lipinski definition) is 2. The molecule has 2 atom stereocenters. The number of halogens is 2. The van der Waals surface area contributed by atoms with Gasteiger partial charge in [0.25, 0.3) is 6.43 Å². The number of rotatable bonds is 2. The lowest BCUT2D eigenvalue weighted by atomic mass is 9.92. The number of hydrogen-bond donors (Lipinski definition) is 0. The molecule has 0 aromatic rings. The van der Waals surface area contributed by atoms with Gasteiger partial charge in [-0.3, -0.25) is 9.00 Å². The smallest absolute Gasteiger partial charge is 0.252 e. The van der Waals surface area contributed by atoms with Gasteiger partial charge in [-0.2, -0.15) is 0 Å². The summed E-state index contributed by atoms with van der Waals surface area (Å²) in [5, 5.41) is 0. The van der Waals surface area contributed by atoms with Crippen molar-refractivity contribution in [3.8, 4) is 0 Å². The summed E-state index contributed by atoms with van der Waals surface area (Å²) in [6, 6.07) is 0. The Bertz CT molecular complexity index is 321. The second kappa shape index (κ2) is 5.42. The van der Waals surface area contributed by atoms with Crippen LogP contribution in [0.2, 0.25) is 0 Å². The number of nitrogens with zero attached hydrogens (tertiary/aromatic N) is 1. The van der Waals surface area contributed by atoms with Crippen molar-refractivity contribution in [2.45, 2.75) is 27.2 Å². The van der Waals surface area contributed by atoms with Crippen molar-refractivity contribution in [3.63, 3.8) is 0 Å². The molecular formula is C11H19F2NO2S. The van der Waals surface area contributed by atoms with Crippen molar-refractivity contribution in [1.82, 2.24) is 4.90 Å². The van der Waals surface area contributed by atoms with Gasteiger partial charge in [0.1, 0.15) is 5.41 Å². The summed E-state index contributed by atoms with van der Waals surface area (Å²) in [5.74, 6) is 0.475. The number of amides is 1. The molecule has 3 nitrogen and oxygen atoms in total. The maximum Gasteiger partial charge on any atom is 0.252 e. The molecule has 0 unspecified atom stereocenters. The van der Waals surface area contributed by atoms with Crippen LogP contribution in [0.5, 0.6) is 0 Å². The van der Waals surface area contributed by atoms with Crippen molar-refractivity contribution >= 4 is 16.7 Å². The van der Waals surface area contributed by atoms with Crippen LogP contribution in [0, 0.1) is 11.3 Å². The van der Waals surface area contributed by atoms with Crippen LogP contribution in [0.25, 0.3) is 0 Å². The molecule has 0 spiro atoms. The van der Waals surface area contributed by atoms with Gasteiger partial charge in [0, 0.05) is 35.4 Å². The second-order valence-electron chi connectivity index (χ2n) is 5.19. The van der Waals surface area contributed by atoms with Gasteiger partial charge in [0.15, 0.2) is 0 Å². The van der Waals surface area contributed by atoms with Gasteiger partial charge < -0.3 is 4.90 Å². The van der Waals surface area contributed by atoms with Gasteiger partial charge in [-0.05, 0) is 19.8 Å². The van der Waals surface area contributed by atoms with Crippen LogP contribution in [0.3, 0.4) is 0 Å². The molecule has 0 aromatic heterocycles. The third kappa shape index (κ3) is 3.47. The Morgan fingerprint density at radius 1 is 1.47 bits per heavy atom. The molecule has 1 amide bonds. The van der Waals surface area contributed by atoms with Crippen LogP contribution in [-0.4, -0.2) is 46.0 Å². The highest BCUT2D eigenvalue weighted by Gasteiger charge is 2.41. The third-order valence-electron chi connectivity index (χ3n) is 2.98. The lowest BCUT2D eigenvalue weighted by molar-refractivity contribution is -0.149. The van der Waals surface area contributed by atoms with Crippen molar-refractivity contribution in [2.24, 2.45) is 11.3 Å². The number of alkyl halides is 2. The van der Waals surface area contributed by atoms with E-state index in [0.29, 0.717) is 24.6 Å². The Labute approximate surface area is 103 Å². The lowest BCUT2D eigenvalue weighted by Crippen LogP contribution is -2.46. The zero-order chi connectivity index (χ0) is 13.2. The van der Waals surface area contributed by atoms with Gasteiger partial charge in [-0.25, -0.2) is 8.78 Å². The first-order valence-electron chi connectivity index (χ1n) is 5.67. The first kappa shape index (κ1) is 14.5. The highest BCUT2D eigenvalue weighted by molar-refractivity contribution is 7.85. The highest BCUT2D eigenvalue weighted by Crippen LogP contribution is 2.28. The fourth-order valence-electron chi connectivity index (χ4n) is 1.82. The van der Waals surface area contributed by atoms with Crippen molar-refractivity contribution in [2.75, 3.05) is 24.6 Å². The molecule has 1 rings (SSSR count). The van der Waals surface area contributed by atoms with Crippen molar-refractivity contribution < 1.29 is 17.8 Å². The van der Waals surface area contributed by atoms with Crippen molar-refractivity contribution in [3.05, 3.63) is 0 Å². The van der Waals surface area contributed by atoms with Crippen LogP contribution in [0.15, 0.2) is 0 Å². The Balaban J connectivity index is 2.78. The monoisotopic (exact) mass is 267 g/mol. The molecule has 0 N–H and O–H groups in total. The average molecular weight is 267 g/mol. The van der Waals surface area contributed by atoms with Gasteiger partial charge in [-0.15, -0.1) is 0 Å². The molecule has 0 saturated carbocycles. The molecule has 0 bridgehead atoms. The minimum absolute atomic E-state index is 0.0933. The summed E-state index contributed by atoms with van der Waals surface area (Å²) in [5.41, 5.74) is -1.66. The first-order valence-corrected chi connectivity index (χ1v) is 7.16. The molecule has 17 heavy (non-hydrogen) atoms. The zero-order valence-electron chi connectivity index (χ0n) is 10.4. The molecule has 1 fully saturated rings. The van der Waals surface area contributed by atoms with E-state index in [9.17, 15) is 17.8 Å². The summed E-state index contributed by atoms with van der Waals surface area (Å²) in [4.78, 5) is 13.4. The van der Waals surface area contributed by atoms with E-state index in [1.807, 2.05) is 6.92 Å². The van der Waals surface area contributed by atoms with E-state index in [4.69, 9.17) is 0 Å². The second-order valence-corrected chi connectivity index (χ2v) is 6.81. The van der Waals surface area contributed by atoms with Crippen LogP contribution in [0.1, 0.15) is 20.8 Å². The average Bonchev–Trinajstić information content (AvgIpc) is 2.38. The van der Waals surface area contributed by atoms with Crippen LogP contribution < -0.4 is 0 Å². The van der Waals surface area contributed by atoms with E-state index in [2.05, 4.69) is 0 Å². The molecule has 1 aliphatic rings. The van der Waals surface area contributed by atoms with E-state index in [1.54, 1.807) is 0 Å². The first-order chi connectivity index (χ1) is 7.75. The number of carbonyl (C=O) groups excluding carboxylic acids is 1. The van der Waals surface area contributed by atoms with E-state index < -0.39 is 28.5 Å². The van der Waals surface area contributed by atoms with E-state index in [0.717, 1.165) is 0 Å². The Hall–Kier alpha value is -0.520. The molecule has 0 aromatic carbocycles. The molecule has 1 heterocycles. The lowest BCUT2D eigenvalue weighted by Gasteiger charge is -2.31. The molecule has 100 valence electrons. The minimum Gasteiger partial charge on any atom is -0.341 e. The standard InChI is InChI=1S/C11H19F2NO2S/c1-8-6-14(4-5-17(16)7-8)10(15)11(2,3)9(12)13/h8-9H,4-7H2,1-3H3/t8-,17-/m0/s1. The fourth-order valence-corrected chi connectivity index (χ4v) is 3.15. The maximum atomic E-state index is 12.8. The van der Waals surface area contributed by atoms with Crippen LogP contribution >= 0.6 is 0 Å². The van der Waals surface area contributed by atoms with Crippen LogP contribution in [0.4, 0.5) is 8.78 Å². The van der Waals surface area contributed by atoms with Gasteiger partial charge in [0.2, 0.25) is 5.91 Å². The summed E-state index contributed by atoms with van der Waals surface area (Å²) >= 11 is 0. The largest absolute Gasteiger partial charge is 0.341 e. The fraction of sp³-hybridized carbons (Fsp3) is 0.909. The molecule has 1 saturated heterocycles. The molecule has 0 aliphatic carbocycles. The number of carbonyl (C=O) groups is 1. The van der Waals surface area contributed by atoms with E-state index >= 15 is 0 Å². The third-order valence-corrected chi connectivity index (χ3v) is 4.55.